The smallest absolute Gasteiger partial charge is 0.270 e. The second kappa shape index (κ2) is 6.69. The van der Waals surface area contributed by atoms with E-state index in [0.717, 1.165) is 17.4 Å². The summed E-state index contributed by atoms with van der Waals surface area (Å²) in [6.07, 6.45) is 1.00. The van der Waals surface area contributed by atoms with Crippen molar-refractivity contribution in [3.8, 4) is 5.75 Å². The van der Waals surface area contributed by atoms with Crippen LogP contribution in [-0.4, -0.2) is 28.5 Å². The summed E-state index contributed by atoms with van der Waals surface area (Å²) in [5.74, 6) is 0.384. The fourth-order valence-electron chi connectivity index (χ4n) is 1.77. The molecule has 0 aliphatic heterocycles. The van der Waals surface area contributed by atoms with Gasteiger partial charge in [0.25, 0.3) is 11.5 Å². The second-order valence-electron chi connectivity index (χ2n) is 4.70. The van der Waals surface area contributed by atoms with E-state index in [-0.39, 0.29) is 17.4 Å². The standard InChI is InChI=1S/C15H17N3O3/c1-10-5-3-4-6-13(10)21-11(2)8-16-15(20)12-7-14(19)18-9-17-12/h3-7,9,11H,8H2,1-2H3,(H,16,20)(H,17,18,19). The average Bonchev–Trinajstić information content (AvgIpc) is 2.47. The number of aromatic nitrogens is 2. The predicted octanol–water partition coefficient (Wildman–Crippen LogP) is 1.28. The number of hydrogen-bond acceptors (Lipinski definition) is 4. The van der Waals surface area contributed by atoms with Crippen molar-refractivity contribution >= 4 is 5.91 Å². The summed E-state index contributed by atoms with van der Waals surface area (Å²) >= 11 is 0. The first-order chi connectivity index (χ1) is 10.1. The van der Waals surface area contributed by atoms with E-state index in [0.29, 0.717) is 6.54 Å². The monoisotopic (exact) mass is 287 g/mol. The highest BCUT2D eigenvalue weighted by molar-refractivity contribution is 5.92. The van der Waals surface area contributed by atoms with Crippen LogP contribution in [0.15, 0.2) is 41.5 Å². The number of aryl methyl sites for hydroxylation is 1. The Kier molecular flexibility index (Phi) is 4.71. The maximum absolute atomic E-state index is 11.8. The number of aromatic amines is 1. The van der Waals surface area contributed by atoms with Crippen molar-refractivity contribution in [2.75, 3.05) is 6.54 Å². The number of carbonyl (C=O) groups excluding carboxylic acids is 1. The molecule has 6 heteroatoms. The van der Waals surface area contributed by atoms with Crippen molar-refractivity contribution < 1.29 is 9.53 Å². The molecular formula is C15H17N3O3. The first kappa shape index (κ1) is 14.8. The molecule has 0 aliphatic rings. The molecule has 0 fully saturated rings. The Balaban J connectivity index is 1.89. The summed E-state index contributed by atoms with van der Waals surface area (Å²) in [7, 11) is 0. The lowest BCUT2D eigenvalue weighted by Gasteiger charge is -2.16. The molecule has 1 heterocycles. The van der Waals surface area contributed by atoms with Gasteiger partial charge in [-0.25, -0.2) is 4.98 Å². The summed E-state index contributed by atoms with van der Waals surface area (Å²) in [5, 5.41) is 2.69. The van der Waals surface area contributed by atoms with Crippen molar-refractivity contribution in [2.24, 2.45) is 0 Å². The van der Waals surface area contributed by atoms with Gasteiger partial charge in [-0.3, -0.25) is 9.59 Å². The molecule has 0 spiro atoms. The summed E-state index contributed by atoms with van der Waals surface area (Å²) in [6.45, 7) is 4.14. The molecule has 0 radical (unpaired) electrons. The molecule has 2 aromatic rings. The molecular weight excluding hydrogens is 270 g/mol. The van der Waals surface area contributed by atoms with Crippen molar-refractivity contribution in [1.82, 2.24) is 15.3 Å². The number of para-hydroxylation sites is 1. The Morgan fingerprint density at radius 1 is 1.43 bits per heavy atom. The molecule has 0 saturated carbocycles. The largest absolute Gasteiger partial charge is 0.489 e. The Labute approximate surface area is 122 Å². The highest BCUT2D eigenvalue weighted by Crippen LogP contribution is 2.17. The number of amides is 1. The van der Waals surface area contributed by atoms with E-state index in [1.165, 1.54) is 6.33 Å². The minimum absolute atomic E-state index is 0.0850. The molecule has 2 N–H and O–H groups in total. The highest BCUT2D eigenvalue weighted by atomic mass is 16.5. The van der Waals surface area contributed by atoms with Crippen LogP contribution in [0.25, 0.3) is 0 Å². The van der Waals surface area contributed by atoms with Crippen molar-refractivity contribution in [2.45, 2.75) is 20.0 Å². The number of nitrogens with zero attached hydrogens (tertiary/aromatic N) is 1. The van der Waals surface area contributed by atoms with E-state index in [9.17, 15) is 9.59 Å². The van der Waals surface area contributed by atoms with E-state index >= 15 is 0 Å². The molecule has 1 aromatic carbocycles. The van der Waals surface area contributed by atoms with E-state index in [2.05, 4.69) is 15.3 Å². The van der Waals surface area contributed by atoms with Crippen molar-refractivity contribution in [3.05, 3.63) is 58.3 Å². The summed E-state index contributed by atoms with van der Waals surface area (Å²) < 4.78 is 5.75. The molecule has 2 rings (SSSR count). The van der Waals surface area contributed by atoms with Crippen LogP contribution < -0.4 is 15.6 Å². The van der Waals surface area contributed by atoms with Crippen LogP contribution in [0.2, 0.25) is 0 Å². The SMILES string of the molecule is Cc1ccccc1OC(C)CNC(=O)c1cc(=O)[nH]cn1. The number of H-pyrrole nitrogens is 1. The Morgan fingerprint density at radius 2 is 2.19 bits per heavy atom. The normalized spacial score (nSPS) is 11.7. The molecule has 6 nitrogen and oxygen atoms in total. The van der Waals surface area contributed by atoms with Gasteiger partial charge in [0.15, 0.2) is 0 Å². The molecule has 0 saturated heterocycles. The number of rotatable bonds is 5. The summed E-state index contributed by atoms with van der Waals surface area (Å²) in [6, 6.07) is 8.83. The number of carbonyl (C=O) groups is 1. The molecule has 1 amide bonds. The lowest BCUT2D eigenvalue weighted by molar-refractivity contribution is 0.0926. The molecule has 1 aromatic heterocycles. The predicted molar refractivity (Wildman–Crippen MR) is 78.5 cm³/mol. The van der Waals surface area contributed by atoms with Crippen LogP contribution in [0, 0.1) is 6.92 Å². The summed E-state index contributed by atoms with van der Waals surface area (Å²) in [5.41, 5.74) is 0.758. The van der Waals surface area contributed by atoms with E-state index in [1.54, 1.807) is 0 Å². The third-order valence-electron chi connectivity index (χ3n) is 2.88. The van der Waals surface area contributed by atoms with Gasteiger partial charge in [-0.15, -0.1) is 0 Å². The van der Waals surface area contributed by atoms with Crippen molar-refractivity contribution in [1.29, 1.82) is 0 Å². The van der Waals surface area contributed by atoms with Gasteiger partial charge in [0.1, 0.15) is 17.5 Å². The highest BCUT2D eigenvalue weighted by Gasteiger charge is 2.11. The number of ether oxygens (including phenoxy) is 1. The van der Waals surface area contributed by atoms with Crippen LogP contribution in [0.1, 0.15) is 23.0 Å². The lowest BCUT2D eigenvalue weighted by atomic mass is 10.2. The maximum Gasteiger partial charge on any atom is 0.270 e. The van der Waals surface area contributed by atoms with Crippen molar-refractivity contribution in [3.63, 3.8) is 0 Å². The topological polar surface area (TPSA) is 84.1 Å². The third-order valence-corrected chi connectivity index (χ3v) is 2.88. The van der Waals surface area contributed by atoms with Crippen LogP contribution in [0.5, 0.6) is 5.75 Å². The van der Waals surface area contributed by atoms with Gasteiger partial charge in [-0.1, -0.05) is 18.2 Å². The van der Waals surface area contributed by atoms with Gasteiger partial charge < -0.3 is 15.0 Å². The first-order valence-electron chi connectivity index (χ1n) is 6.61. The molecule has 21 heavy (non-hydrogen) atoms. The Bertz CT molecular complexity index is 682. The minimum atomic E-state index is -0.402. The van der Waals surface area contributed by atoms with Crippen LogP contribution in [-0.2, 0) is 0 Å². The molecule has 110 valence electrons. The molecule has 1 atom stereocenters. The average molecular weight is 287 g/mol. The van der Waals surface area contributed by atoms with Gasteiger partial charge in [-0.05, 0) is 25.5 Å². The zero-order chi connectivity index (χ0) is 15.2. The van der Waals surface area contributed by atoms with Gasteiger partial charge in [0, 0.05) is 6.07 Å². The molecule has 1 unspecified atom stereocenters. The zero-order valence-electron chi connectivity index (χ0n) is 11.9. The van der Waals surface area contributed by atoms with Crippen LogP contribution in [0.3, 0.4) is 0 Å². The fraction of sp³-hybridized carbons (Fsp3) is 0.267. The van der Waals surface area contributed by atoms with Gasteiger partial charge >= 0.3 is 0 Å². The number of hydrogen-bond donors (Lipinski definition) is 2. The molecule has 0 bridgehead atoms. The van der Waals surface area contributed by atoms with E-state index in [1.807, 2.05) is 38.1 Å². The number of nitrogens with one attached hydrogen (secondary N) is 2. The minimum Gasteiger partial charge on any atom is -0.489 e. The van der Waals surface area contributed by atoms with Gasteiger partial charge in [0.2, 0.25) is 0 Å². The van der Waals surface area contributed by atoms with Gasteiger partial charge in [0.05, 0.1) is 12.9 Å². The van der Waals surface area contributed by atoms with E-state index < -0.39 is 5.91 Å². The summed E-state index contributed by atoms with van der Waals surface area (Å²) in [4.78, 5) is 29.1. The maximum atomic E-state index is 11.8. The molecule has 0 aliphatic carbocycles. The fourth-order valence-corrected chi connectivity index (χ4v) is 1.77. The van der Waals surface area contributed by atoms with E-state index in [4.69, 9.17) is 4.74 Å². The van der Waals surface area contributed by atoms with Crippen LogP contribution in [0.4, 0.5) is 0 Å². The number of benzene rings is 1. The first-order valence-corrected chi connectivity index (χ1v) is 6.61. The zero-order valence-corrected chi connectivity index (χ0v) is 11.9. The Hall–Kier alpha value is -2.63. The quantitative estimate of drug-likeness (QED) is 0.867. The van der Waals surface area contributed by atoms with Crippen LogP contribution >= 0.6 is 0 Å². The second-order valence-corrected chi connectivity index (χ2v) is 4.70. The van der Waals surface area contributed by atoms with Gasteiger partial charge in [-0.2, -0.15) is 0 Å². The third kappa shape index (κ3) is 4.17. The Morgan fingerprint density at radius 3 is 2.90 bits per heavy atom. The lowest BCUT2D eigenvalue weighted by Crippen LogP contribution is -2.34.